The number of likely N-dealkylation sites (N-methyl/N-ethyl adjacent to an activating group) is 1. The number of aromatic carboxylic acids is 1. The highest BCUT2D eigenvalue weighted by molar-refractivity contribution is 6.14. The van der Waals surface area contributed by atoms with Crippen LogP contribution in [0.1, 0.15) is 27.0 Å². The van der Waals surface area contributed by atoms with E-state index >= 15 is 0 Å². The molecule has 27 heavy (non-hydrogen) atoms. The highest BCUT2D eigenvalue weighted by Crippen LogP contribution is 2.22. The van der Waals surface area contributed by atoms with Crippen LogP contribution in [0.5, 0.6) is 0 Å². The number of nitrogens with zero attached hydrogens (tertiary/aromatic N) is 2. The molecule has 0 amide bonds. The molecule has 1 aliphatic rings. The van der Waals surface area contributed by atoms with Crippen molar-refractivity contribution < 1.29 is 14.3 Å². The Labute approximate surface area is 157 Å². The highest BCUT2D eigenvalue weighted by Gasteiger charge is 2.23. The summed E-state index contributed by atoms with van der Waals surface area (Å²) in [5.74, 6) is -2.04. The minimum Gasteiger partial charge on any atom is -0.478 e. The van der Waals surface area contributed by atoms with Gasteiger partial charge in [-0.1, -0.05) is 30.3 Å². The number of nitrogens with two attached hydrogens (primary N) is 1. The summed E-state index contributed by atoms with van der Waals surface area (Å²) < 4.78 is 13.6. The molecule has 0 unspecified atom stereocenters. The van der Waals surface area contributed by atoms with E-state index in [4.69, 9.17) is 15.8 Å². The SMILES string of the molecule is Cc1ccccc1C(=NCc1ccc(F)c(C(=O)O)c1)C1=C(N)CN(C)C1. The van der Waals surface area contributed by atoms with Crippen molar-refractivity contribution in [2.75, 3.05) is 20.1 Å². The lowest BCUT2D eigenvalue weighted by Crippen LogP contribution is -2.18. The van der Waals surface area contributed by atoms with Crippen LogP contribution >= 0.6 is 0 Å². The fourth-order valence-corrected chi connectivity index (χ4v) is 3.23. The molecule has 0 atom stereocenters. The Morgan fingerprint density at radius 2 is 1.96 bits per heavy atom. The highest BCUT2D eigenvalue weighted by atomic mass is 19.1. The zero-order valence-corrected chi connectivity index (χ0v) is 15.4. The lowest BCUT2D eigenvalue weighted by Gasteiger charge is -2.13. The molecule has 5 nitrogen and oxygen atoms in total. The molecule has 0 fully saturated rings. The molecule has 0 saturated carbocycles. The summed E-state index contributed by atoms with van der Waals surface area (Å²) in [4.78, 5) is 18.0. The van der Waals surface area contributed by atoms with Gasteiger partial charge in [0.05, 0.1) is 17.8 Å². The Hall–Kier alpha value is -2.99. The summed E-state index contributed by atoms with van der Waals surface area (Å²) in [7, 11) is 1.99. The first kappa shape index (κ1) is 18.8. The van der Waals surface area contributed by atoms with E-state index < -0.39 is 11.8 Å². The second kappa shape index (κ2) is 7.72. The minimum absolute atomic E-state index is 0.241. The van der Waals surface area contributed by atoms with Crippen LogP contribution in [0, 0.1) is 12.7 Å². The van der Waals surface area contributed by atoms with Gasteiger partial charge in [0.2, 0.25) is 0 Å². The lowest BCUT2D eigenvalue weighted by molar-refractivity contribution is 0.0691. The number of carboxylic acid groups (broad SMARTS) is 1. The summed E-state index contributed by atoms with van der Waals surface area (Å²) in [5, 5.41) is 9.11. The zero-order valence-electron chi connectivity index (χ0n) is 15.4. The van der Waals surface area contributed by atoms with Gasteiger partial charge >= 0.3 is 5.97 Å². The van der Waals surface area contributed by atoms with Crippen LogP contribution in [0.2, 0.25) is 0 Å². The van der Waals surface area contributed by atoms with E-state index in [0.717, 1.165) is 28.1 Å². The number of aliphatic imine (C=N–C) groups is 1. The van der Waals surface area contributed by atoms with Gasteiger partial charge in [0.1, 0.15) is 5.82 Å². The third-order valence-corrected chi connectivity index (χ3v) is 4.62. The van der Waals surface area contributed by atoms with Gasteiger partial charge in [0.15, 0.2) is 0 Å². The monoisotopic (exact) mass is 367 g/mol. The number of hydrogen-bond donors (Lipinski definition) is 2. The first-order valence-corrected chi connectivity index (χ1v) is 8.65. The lowest BCUT2D eigenvalue weighted by atomic mass is 9.97. The number of carboxylic acids is 1. The van der Waals surface area contributed by atoms with Gasteiger partial charge in [0, 0.05) is 29.9 Å². The first-order valence-electron chi connectivity index (χ1n) is 8.65. The van der Waals surface area contributed by atoms with Gasteiger partial charge in [-0.3, -0.25) is 9.89 Å². The molecule has 0 aliphatic carbocycles. The maximum absolute atomic E-state index is 13.6. The van der Waals surface area contributed by atoms with E-state index in [1.165, 1.54) is 12.1 Å². The van der Waals surface area contributed by atoms with E-state index in [2.05, 4.69) is 4.90 Å². The maximum Gasteiger partial charge on any atom is 0.338 e. The number of rotatable bonds is 5. The van der Waals surface area contributed by atoms with Crippen molar-refractivity contribution in [3.05, 3.63) is 81.8 Å². The van der Waals surface area contributed by atoms with Crippen LogP contribution < -0.4 is 5.73 Å². The molecule has 0 radical (unpaired) electrons. The quantitative estimate of drug-likeness (QED) is 0.797. The molecular formula is C21H22FN3O2. The molecule has 1 heterocycles. The topological polar surface area (TPSA) is 78.9 Å². The van der Waals surface area contributed by atoms with Gasteiger partial charge in [-0.15, -0.1) is 0 Å². The number of hydrogen-bond acceptors (Lipinski definition) is 4. The van der Waals surface area contributed by atoms with Crippen LogP contribution in [0.25, 0.3) is 0 Å². The normalized spacial score (nSPS) is 15.4. The molecule has 2 aromatic rings. The second-order valence-electron chi connectivity index (χ2n) is 6.78. The molecule has 3 N–H and O–H groups in total. The van der Waals surface area contributed by atoms with Crippen molar-refractivity contribution in [3.8, 4) is 0 Å². The standard InChI is InChI=1S/C21H22FN3O2/c1-13-5-3-4-6-15(13)20(17-11-25(2)12-19(17)23)24-10-14-7-8-18(22)16(9-14)21(26)27/h3-9H,10-12,23H2,1-2H3,(H,26,27). The number of halogens is 1. The molecule has 1 aliphatic heterocycles. The van der Waals surface area contributed by atoms with Crippen LogP contribution in [-0.2, 0) is 6.54 Å². The third kappa shape index (κ3) is 4.06. The van der Waals surface area contributed by atoms with E-state index in [1.54, 1.807) is 6.07 Å². The predicted molar refractivity (Wildman–Crippen MR) is 103 cm³/mol. The number of benzene rings is 2. The second-order valence-corrected chi connectivity index (χ2v) is 6.78. The Morgan fingerprint density at radius 3 is 2.59 bits per heavy atom. The van der Waals surface area contributed by atoms with Gasteiger partial charge in [0.25, 0.3) is 0 Å². The summed E-state index contributed by atoms with van der Waals surface area (Å²) in [6, 6.07) is 12.0. The van der Waals surface area contributed by atoms with Gasteiger partial charge in [-0.25, -0.2) is 9.18 Å². The average Bonchev–Trinajstić information content (AvgIpc) is 2.96. The Morgan fingerprint density at radius 1 is 1.22 bits per heavy atom. The molecule has 3 rings (SSSR count). The summed E-state index contributed by atoms with van der Waals surface area (Å²) in [5.41, 5.74) is 11.2. The van der Waals surface area contributed by atoms with E-state index in [0.29, 0.717) is 18.7 Å². The van der Waals surface area contributed by atoms with Gasteiger partial charge in [-0.2, -0.15) is 0 Å². The smallest absolute Gasteiger partial charge is 0.338 e. The maximum atomic E-state index is 13.6. The summed E-state index contributed by atoms with van der Waals surface area (Å²) in [6.45, 7) is 3.63. The molecule has 0 aromatic heterocycles. The first-order chi connectivity index (χ1) is 12.9. The fraction of sp³-hybridized carbons (Fsp3) is 0.238. The summed E-state index contributed by atoms with van der Waals surface area (Å²) >= 11 is 0. The van der Waals surface area contributed by atoms with Crippen molar-refractivity contribution in [1.82, 2.24) is 4.90 Å². The average molecular weight is 367 g/mol. The fourth-order valence-electron chi connectivity index (χ4n) is 3.23. The molecule has 6 heteroatoms. The molecule has 0 bridgehead atoms. The van der Waals surface area contributed by atoms with E-state index in [-0.39, 0.29) is 12.1 Å². The van der Waals surface area contributed by atoms with Crippen LogP contribution in [0.4, 0.5) is 4.39 Å². The number of carbonyl (C=O) groups is 1. The van der Waals surface area contributed by atoms with Gasteiger partial charge < -0.3 is 10.8 Å². The van der Waals surface area contributed by atoms with Crippen LogP contribution in [0.15, 0.2) is 58.7 Å². The molecular weight excluding hydrogens is 345 g/mol. The third-order valence-electron chi connectivity index (χ3n) is 4.62. The Kier molecular flexibility index (Phi) is 5.37. The molecule has 2 aromatic carbocycles. The molecule has 0 spiro atoms. The molecule has 0 saturated heterocycles. The van der Waals surface area contributed by atoms with Crippen molar-refractivity contribution in [3.63, 3.8) is 0 Å². The van der Waals surface area contributed by atoms with Crippen molar-refractivity contribution in [2.24, 2.45) is 10.7 Å². The zero-order chi connectivity index (χ0) is 19.6. The number of aryl methyl sites for hydroxylation is 1. The predicted octanol–water partition coefficient (Wildman–Crippen LogP) is 2.98. The van der Waals surface area contributed by atoms with Crippen molar-refractivity contribution in [1.29, 1.82) is 0 Å². The van der Waals surface area contributed by atoms with E-state index in [9.17, 15) is 9.18 Å². The molecule has 140 valence electrons. The van der Waals surface area contributed by atoms with Crippen molar-refractivity contribution >= 4 is 11.7 Å². The summed E-state index contributed by atoms with van der Waals surface area (Å²) in [6.07, 6.45) is 0. The van der Waals surface area contributed by atoms with E-state index in [1.807, 2.05) is 38.2 Å². The minimum atomic E-state index is -1.29. The Bertz CT molecular complexity index is 950. The Balaban J connectivity index is 2.02. The van der Waals surface area contributed by atoms with Crippen molar-refractivity contribution in [2.45, 2.75) is 13.5 Å². The van der Waals surface area contributed by atoms with Gasteiger partial charge in [-0.05, 0) is 37.2 Å². The van der Waals surface area contributed by atoms with Crippen LogP contribution in [-0.4, -0.2) is 41.8 Å². The van der Waals surface area contributed by atoms with Crippen LogP contribution in [0.3, 0.4) is 0 Å². The largest absolute Gasteiger partial charge is 0.478 e.